The average Bonchev–Trinajstić information content (AvgIpc) is 2.55. The SMILES string of the molecule is COCC1CCCN(Cc2c(OC)cc(OC)cc2C(=O)O)C1. The Morgan fingerprint density at radius 1 is 1.30 bits per heavy atom. The molecular weight excluding hydrogens is 298 g/mol. The number of carboxylic acids is 1. The molecule has 1 aromatic rings. The van der Waals surface area contributed by atoms with E-state index in [-0.39, 0.29) is 5.56 Å². The number of benzene rings is 1. The van der Waals surface area contributed by atoms with Gasteiger partial charge in [0.25, 0.3) is 0 Å². The van der Waals surface area contributed by atoms with E-state index in [1.54, 1.807) is 26.4 Å². The lowest BCUT2D eigenvalue weighted by Gasteiger charge is -2.33. The molecule has 1 unspecified atom stereocenters. The highest BCUT2D eigenvalue weighted by atomic mass is 16.5. The van der Waals surface area contributed by atoms with Crippen molar-refractivity contribution in [2.45, 2.75) is 19.4 Å². The van der Waals surface area contributed by atoms with E-state index < -0.39 is 5.97 Å². The molecule has 23 heavy (non-hydrogen) atoms. The highest BCUT2D eigenvalue weighted by molar-refractivity contribution is 5.91. The molecule has 1 heterocycles. The quantitative estimate of drug-likeness (QED) is 0.830. The van der Waals surface area contributed by atoms with Gasteiger partial charge in [0.05, 0.1) is 26.4 Å². The number of hydrogen-bond acceptors (Lipinski definition) is 5. The smallest absolute Gasteiger partial charge is 0.336 e. The minimum Gasteiger partial charge on any atom is -0.497 e. The van der Waals surface area contributed by atoms with Gasteiger partial charge in [-0.25, -0.2) is 4.79 Å². The number of methoxy groups -OCH3 is 3. The first kappa shape index (κ1) is 17.6. The van der Waals surface area contributed by atoms with E-state index in [0.717, 1.165) is 32.5 Å². The maximum absolute atomic E-state index is 11.6. The van der Waals surface area contributed by atoms with Gasteiger partial charge in [-0.3, -0.25) is 4.90 Å². The van der Waals surface area contributed by atoms with Crippen LogP contribution in [-0.2, 0) is 11.3 Å². The van der Waals surface area contributed by atoms with Crippen LogP contribution in [0.4, 0.5) is 0 Å². The molecule has 0 bridgehead atoms. The van der Waals surface area contributed by atoms with Crippen molar-refractivity contribution in [3.63, 3.8) is 0 Å². The van der Waals surface area contributed by atoms with Gasteiger partial charge in [-0.15, -0.1) is 0 Å². The molecule has 0 amide bonds. The molecule has 1 fully saturated rings. The summed E-state index contributed by atoms with van der Waals surface area (Å²) in [5.74, 6) is 0.559. The van der Waals surface area contributed by atoms with E-state index in [1.807, 2.05) is 0 Å². The Morgan fingerprint density at radius 2 is 2.09 bits per heavy atom. The predicted octanol–water partition coefficient (Wildman–Crippen LogP) is 2.26. The number of nitrogens with zero attached hydrogens (tertiary/aromatic N) is 1. The van der Waals surface area contributed by atoms with Crippen molar-refractivity contribution in [1.82, 2.24) is 4.90 Å². The molecule has 1 saturated heterocycles. The van der Waals surface area contributed by atoms with Gasteiger partial charge < -0.3 is 19.3 Å². The normalized spacial score (nSPS) is 18.7. The minimum absolute atomic E-state index is 0.232. The second-order valence-electron chi connectivity index (χ2n) is 5.86. The number of rotatable bonds is 7. The fourth-order valence-corrected chi connectivity index (χ4v) is 3.16. The Hall–Kier alpha value is -1.79. The summed E-state index contributed by atoms with van der Waals surface area (Å²) in [5, 5.41) is 9.52. The minimum atomic E-state index is -0.970. The molecule has 128 valence electrons. The van der Waals surface area contributed by atoms with Crippen molar-refractivity contribution >= 4 is 5.97 Å². The molecule has 6 nitrogen and oxygen atoms in total. The number of aromatic carboxylic acids is 1. The van der Waals surface area contributed by atoms with Crippen LogP contribution in [0, 0.1) is 5.92 Å². The number of carbonyl (C=O) groups is 1. The van der Waals surface area contributed by atoms with Crippen LogP contribution in [0.5, 0.6) is 11.5 Å². The van der Waals surface area contributed by atoms with E-state index >= 15 is 0 Å². The number of piperidine rings is 1. The van der Waals surface area contributed by atoms with Gasteiger partial charge >= 0.3 is 5.97 Å². The average molecular weight is 323 g/mol. The lowest BCUT2D eigenvalue weighted by Crippen LogP contribution is -2.37. The fraction of sp³-hybridized carbons (Fsp3) is 0.588. The van der Waals surface area contributed by atoms with Crippen LogP contribution in [0.25, 0.3) is 0 Å². The zero-order chi connectivity index (χ0) is 16.8. The van der Waals surface area contributed by atoms with Crippen LogP contribution in [0.15, 0.2) is 12.1 Å². The van der Waals surface area contributed by atoms with E-state index in [2.05, 4.69) is 4.90 Å². The summed E-state index contributed by atoms with van der Waals surface area (Å²) >= 11 is 0. The number of carboxylic acid groups (broad SMARTS) is 1. The van der Waals surface area contributed by atoms with Gasteiger partial charge in [0.2, 0.25) is 0 Å². The zero-order valence-electron chi connectivity index (χ0n) is 14.0. The Kier molecular flexibility index (Phi) is 6.24. The van der Waals surface area contributed by atoms with Crippen LogP contribution < -0.4 is 9.47 Å². The maximum atomic E-state index is 11.6. The standard InChI is InChI=1S/C17H25NO5/c1-21-11-12-5-4-6-18(9-12)10-15-14(17(19)20)7-13(22-2)8-16(15)23-3/h7-8,12H,4-6,9-11H2,1-3H3,(H,19,20). The van der Waals surface area contributed by atoms with Crippen molar-refractivity contribution in [1.29, 1.82) is 0 Å². The molecule has 0 radical (unpaired) electrons. The first-order valence-electron chi connectivity index (χ1n) is 7.78. The summed E-state index contributed by atoms with van der Waals surface area (Å²) in [6.45, 7) is 3.15. The monoisotopic (exact) mass is 323 g/mol. The Bertz CT molecular complexity index is 544. The molecule has 1 aliphatic heterocycles. The van der Waals surface area contributed by atoms with Gasteiger partial charge in [0, 0.05) is 31.8 Å². The fourth-order valence-electron chi connectivity index (χ4n) is 3.16. The van der Waals surface area contributed by atoms with Crippen molar-refractivity contribution in [2.24, 2.45) is 5.92 Å². The molecule has 0 aliphatic carbocycles. The second-order valence-corrected chi connectivity index (χ2v) is 5.86. The number of likely N-dealkylation sites (tertiary alicyclic amines) is 1. The molecule has 1 aliphatic rings. The van der Waals surface area contributed by atoms with Gasteiger partial charge in [-0.05, 0) is 31.4 Å². The van der Waals surface area contributed by atoms with Crippen LogP contribution in [0.2, 0.25) is 0 Å². The van der Waals surface area contributed by atoms with Crippen LogP contribution in [0.3, 0.4) is 0 Å². The summed E-state index contributed by atoms with van der Waals surface area (Å²) in [6.07, 6.45) is 2.24. The largest absolute Gasteiger partial charge is 0.497 e. The first-order valence-corrected chi connectivity index (χ1v) is 7.78. The summed E-state index contributed by atoms with van der Waals surface area (Å²) in [6, 6.07) is 3.29. The molecule has 1 atom stereocenters. The van der Waals surface area contributed by atoms with Crippen LogP contribution in [0.1, 0.15) is 28.8 Å². The van der Waals surface area contributed by atoms with Gasteiger partial charge in [0.1, 0.15) is 11.5 Å². The Morgan fingerprint density at radius 3 is 2.70 bits per heavy atom. The lowest BCUT2D eigenvalue weighted by atomic mass is 9.97. The van der Waals surface area contributed by atoms with Crippen molar-refractivity contribution in [3.05, 3.63) is 23.3 Å². The summed E-state index contributed by atoms with van der Waals surface area (Å²) in [7, 11) is 4.78. The summed E-state index contributed by atoms with van der Waals surface area (Å²) in [5.41, 5.74) is 0.925. The van der Waals surface area contributed by atoms with Crippen LogP contribution in [-0.4, -0.2) is 57.0 Å². The number of ether oxygens (including phenoxy) is 3. The molecule has 1 aromatic carbocycles. The Labute approximate surface area is 136 Å². The molecule has 6 heteroatoms. The summed E-state index contributed by atoms with van der Waals surface area (Å²) in [4.78, 5) is 13.9. The highest BCUT2D eigenvalue weighted by Gasteiger charge is 2.24. The third-order valence-corrected chi connectivity index (χ3v) is 4.26. The molecule has 2 rings (SSSR count). The van der Waals surface area contributed by atoms with Gasteiger partial charge in [0.15, 0.2) is 0 Å². The van der Waals surface area contributed by atoms with Gasteiger partial charge in [-0.1, -0.05) is 0 Å². The van der Waals surface area contributed by atoms with Gasteiger partial charge in [-0.2, -0.15) is 0 Å². The molecular formula is C17H25NO5. The topological polar surface area (TPSA) is 68.2 Å². The zero-order valence-corrected chi connectivity index (χ0v) is 14.0. The lowest BCUT2D eigenvalue weighted by molar-refractivity contribution is 0.0687. The number of hydrogen-bond donors (Lipinski definition) is 1. The molecule has 1 N–H and O–H groups in total. The van der Waals surface area contributed by atoms with E-state index in [1.165, 1.54) is 7.11 Å². The van der Waals surface area contributed by atoms with Crippen molar-refractivity contribution < 1.29 is 24.1 Å². The predicted molar refractivity (Wildman–Crippen MR) is 86.4 cm³/mol. The van der Waals surface area contributed by atoms with E-state index in [0.29, 0.717) is 29.5 Å². The molecule has 0 saturated carbocycles. The van der Waals surface area contributed by atoms with E-state index in [9.17, 15) is 9.90 Å². The van der Waals surface area contributed by atoms with Crippen molar-refractivity contribution in [3.8, 4) is 11.5 Å². The molecule has 0 spiro atoms. The Balaban J connectivity index is 2.25. The summed E-state index contributed by atoms with van der Waals surface area (Å²) < 4.78 is 15.8. The third kappa shape index (κ3) is 4.36. The third-order valence-electron chi connectivity index (χ3n) is 4.26. The van der Waals surface area contributed by atoms with Crippen molar-refractivity contribution in [2.75, 3.05) is 41.0 Å². The maximum Gasteiger partial charge on any atom is 0.336 e. The van der Waals surface area contributed by atoms with E-state index in [4.69, 9.17) is 14.2 Å². The highest BCUT2D eigenvalue weighted by Crippen LogP contribution is 2.31. The first-order chi connectivity index (χ1) is 11.1. The second kappa shape index (κ2) is 8.17. The molecule has 0 aromatic heterocycles. The van der Waals surface area contributed by atoms with Crippen LogP contribution >= 0.6 is 0 Å².